The van der Waals surface area contributed by atoms with Gasteiger partial charge in [0.2, 0.25) is 11.8 Å². The number of hydrogen-bond donors (Lipinski definition) is 0. The minimum atomic E-state index is -0.815. The normalized spacial score (nSPS) is 27.3. The highest BCUT2D eigenvalue weighted by molar-refractivity contribution is 5.96. The monoisotopic (exact) mass is 351 g/mol. The van der Waals surface area contributed by atoms with Crippen molar-refractivity contribution >= 4 is 17.5 Å². The number of benzene rings is 1. The number of likely N-dealkylation sites (tertiary alicyclic amines) is 1. The summed E-state index contributed by atoms with van der Waals surface area (Å²) in [5, 5.41) is 9.60. The summed E-state index contributed by atoms with van der Waals surface area (Å²) in [6.45, 7) is 3.96. The zero-order valence-corrected chi connectivity index (χ0v) is 15.3. The molecule has 1 unspecified atom stereocenters. The Bertz CT molecular complexity index is 773. The average Bonchev–Trinajstić information content (AvgIpc) is 3.35. The van der Waals surface area contributed by atoms with Gasteiger partial charge in [0.15, 0.2) is 0 Å². The Morgan fingerprint density at radius 3 is 2.46 bits per heavy atom. The van der Waals surface area contributed by atoms with Crippen LogP contribution in [0, 0.1) is 29.1 Å². The number of anilines is 1. The maximum atomic E-state index is 13.0. The van der Waals surface area contributed by atoms with Crippen molar-refractivity contribution in [3.63, 3.8) is 0 Å². The first-order chi connectivity index (χ1) is 12.5. The Morgan fingerprint density at radius 1 is 1.12 bits per heavy atom. The van der Waals surface area contributed by atoms with E-state index in [2.05, 4.69) is 6.07 Å². The van der Waals surface area contributed by atoms with Gasteiger partial charge < -0.3 is 9.80 Å². The van der Waals surface area contributed by atoms with E-state index in [-0.39, 0.29) is 17.2 Å². The molecule has 4 rings (SSSR count). The fourth-order valence-electron chi connectivity index (χ4n) is 4.89. The summed E-state index contributed by atoms with van der Waals surface area (Å²) in [6.07, 6.45) is 4.61. The van der Waals surface area contributed by atoms with Gasteiger partial charge in [-0.15, -0.1) is 0 Å². The maximum Gasteiger partial charge on any atom is 0.243 e. The second kappa shape index (κ2) is 6.12. The number of rotatable bonds is 2. The first-order valence-electron chi connectivity index (χ1n) is 9.55. The molecule has 1 spiro atoms. The van der Waals surface area contributed by atoms with Crippen LogP contribution in [-0.2, 0) is 9.59 Å². The van der Waals surface area contributed by atoms with Gasteiger partial charge in [-0.05, 0) is 38.3 Å². The molecule has 1 aliphatic carbocycles. The van der Waals surface area contributed by atoms with Crippen LogP contribution in [0.1, 0.15) is 44.1 Å². The van der Waals surface area contributed by atoms with Crippen molar-refractivity contribution in [2.24, 2.45) is 10.8 Å². The van der Waals surface area contributed by atoms with Crippen LogP contribution in [-0.4, -0.2) is 36.3 Å². The summed E-state index contributed by atoms with van der Waals surface area (Å²) in [4.78, 5) is 29.4. The van der Waals surface area contributed by atoms with Crippen LogP contribution in [0.3, 0.4) is 0 Å². The van der Waals surface area contributed by atoms with Gasteiger partial charge in [-0.25, -0.2) is 0 Å². The van der Waals surface area contributed by atoms with E-state index >= 15 is 0 Å². The van der Waals surface area contributed by atoms with Crippen molar-refractivity contribution < 1.29 is 9.59 Å². The molecule has 0 radical (unpaired) electrons. The summed E-state index contributed by atoms with van der Waals surface area (Å²) in [7, 11) is 0. The summed E-state index contributed by atoms with van der Waals surface area (Å²) in [5.41, 5.74) is 1.13. The minimum absolute atomic E-state index is 0.00406. The van der Waals surface area contributed by atoms with E-state index in [1.165, 1.54) is 5.56 Å². The summed E-state index contributed by atoms with van der Waals surface area (Å²) >= 11 is 0. The van der Waals surface area contributed by atoms with Crippen LogP contribution in [0.4, 0.5) is 5.69 Å². The van der Waals surface area contributed by atoms with E-state index in [9.17, 15) is 14.9 Å². The van der Waals surface area contributed by atoms with E-state index < -0.39 is 5.41 Å². The van der Waals surface area contributed by atoms with E-state index in [0.29, 0.717) is 38.9 Å². The van der Waals surface area contributed by atoms with Crippen LogP contribution in [0.2, 0.25) is 0 Å². The third-order valence-electron chi connectivity index (χ3n) is 6.47. The van der Waals surface area contributed by atoms with Gasteiger partial charge >= 0.3 is 0 Å². The van der Waals surface area contributed by atoms with Gasteiger partial charge in [0.05, 0.1) is 6.07 Å². The fraction of sp³-hybridized carbons (Fsp3) is 0.571. The first kappa shape index (κ1) is 17.1. The predicted octanol–water partition coefficient (Wildman–Crippen LogP) is 3.03. The van der Waals surface area contributed by atoms with E-state index in [1.54, 1.807) is 0 Å². The lowest BCUT2D eigenvalue weighted by molar-refractivity contribution is -0.138. The maximum absolute atomic E-state index is 13.0. The lowest BCUT2D eigenvalue weighted by Crippen LogP contribution is -2.42. The van der Waals surface area contributed by atoms with Gasteiger partial charge in [-0.1, -0.05) is 30.5 Å². The van der Waals surface area contributed by atoms with Crippen LogP contribution in [0.15, 0.2) is 24.3 Å². The minimum Gasteiger partial charge on any atom is -0.341 e. The molecule has 5 heteroatoms. The Hall–Kier alpha value is -2.35. The SMILES string of the molecule is Cc1ccc(N2CC3(CCN(C(=O)C4(C#N)CCCC4)C3)CC2=O)cc1. The Morgan fingerprint density at radius 2 is 1.81 bits per heavy atom. The molecule has 2 amide bonds. The second-order valence-corrected chi connectivity index (χ2v) is 8.37. The van der Waals surface area contributed by atoms with Gasteiger partial charge in [0, 0.05) is 37.2 Å². The van der Waals surface area contributed by atoms with E-state index in [1.807, 2.05) is 41.0 Å². The number of nitriles is 1. The molecule has 3 aliphatic rings. The van der Waals surface area contributed by atoms with Gasteiger partial charge in [0.25, 0.3) is 0 Å². The molecular weight excluding hydrogens is 326 g/mol. The largest absolute Gasteiger partial charge is 0.341 e. The highest BCUT2D eigenvalue weighted by Crippen LogP contribution is 2.45. The highest BCUT2D eigenvalue weighted by atomic mass is 16.2. The molecule has 1 saturated carbocycles. The third-order valence-corrected chi connectivity index (χ3v) is 6.47. The highest BCUT2D eigenvalue weighted by Gasteiger charge is 2.52. The topological polar surface area (TPSA) is 64.4 Å². The van der Waals surface area contributed by atoms with Crippen LogP contribution in [0.25, 0.3) is 0 Å². The first-order valence-corrected chi connectivity index (χ1v) is 9.55. The molecule has 2 heterocycles. The molecule has 0 bridgehead atoms. The molecule has 136 valence electrons. The smallest absolute Gasteiger partial charge is 0.243 e. The quantitative estimate of drug-likeness (QED) is 0.823. The standard InChI is InChI=1S/C21H25N3O2/c1-16-4-6-17(7-5-16)24-15-20(12-18(24)25)10-11-23(14-20)19(26)21(13-22)8-2-3-9-21/h4-7H,2-3,8-12,14-15H2,1H3. The Labute approximate surface area is 154 Å². The van der Waals surface area contributed by atoms with Crippen molar-refractivity contribution in [3.05, 3.63) is 29.8 Å². The molecule has 1 atom stereocenters. The van der Waals surface area contributed by atoms with Gasteiger partial charge in [-0.3, -0.25) is 9.59 Å². The van der Waals surface area contributed by atoms with Gasteiger partial charge in [0.1, 0.15) is 5.41 Å². The van der Waals surface area contributed by atoms with Crippen molar-refractivity contribution in [2.45, 2.75) is 45.4 Å². The molecule has 5 nitrogen and oxygen atoms in total. The average molecular weight is 351 g/mol. The zero-order valence-electron chi connectivity index (χ0n) is 15.3. The Kier molecular flexibility index (Phi) is 4.02. The number of carbonyl (C=O) groups excluding carboxylic acids is 2. The molecule has 2 aliphatic heterocycles. The molecule has 26 heavy (non-hydrogen) atoms. The molecule has 1 aromatic rings. The number of amides is 2. The van der Waals surface area contributed by atoms with E-state index in [0.717, 1.165) is 24.9 Å². The number of hydrogen-bond acceptors (Lipinski definition) is 3. The lowest BCUT2D eigenvalue weighted by Gasteiger charge is -2.28. The number of aryl methyl sites for hydroxylation is 1. The fourth-order valence-corrected chi connectivity index (χ4v) is 4.89. The zero-order chi connectivity index (χ0) is 18.4. The molecule has 0 aromatic heterocycles. The summed E-state index contributed by atoms with van der Waals surface area (Å²) < 4.78 is 0. The van der Waals surface area contributed by atoms with Crippen LogP contribution < -0.4 is 4.90 Å². The molecule has 1 aromatic carbocycles. The Balaban J connectivity index is 1.50. The molecule has 3 fully saturated rings. The lowest BCUT2D eigenvalue weighted by atomic mass is 9.85. The predicted molar refractivity (Wildman–Crippen MR) is 98.3 cm³/mol. The molecule has 2 saturated heterocycles. The number of carbonyl (C=O) groups is 2. The van der Waals surface area contributed by atoms with Crippen molar-refractivity contribution in [2.75, 3.05) is 24.5 Å². The summed E-state index contributed by atoms with van der Waals surface area (Å²) in [5.74, 6) is 0.134. The van der Waals surface area contributed by atoms with Crippen LogP contribution in [0.5, 0.6) is 0 Å². The van der Waals surface area contributed by atoms with Crippen molar-refractivity contribution in [1.82, 2.24) is 4.90 Å². The third kappa shape index (κ3) is 2.68. The van der Waals surface area contributed by atoms with Crippen LogP contribution >= 0.6 is 0 Å². The second-order valence-electron chi connectivity index (χ2n) is 8.37. The molecule has 0 N–H and O–H groups in total. The van der Waals surface area contributed by atoms with Crippen molar-refractivity contribution in [3.8, 4) is 6.07 Å². The van der Waals surface area contributed by atoms with Gasteiger partial charge in [-0.2, -0.15) is 5.26 Å². The summed E-state index contributed by atoms with van der Waals surface area (Å²) in [6, 6.07) is 10.3. The van der Waals surface area contributed by atoms with Crippen molar-refractivity contribution in [1.29, 1.82) is 5.26 Å². The number of nitrogens with zero attached hydrogens (tertiary/aromatic N) is 3. The van der Waals surface area contributed by atoms with E-state index in [4.69, 9.17) is 0 Å². The molecular formula is C21H25N3O2.